The lowest BCUT2D eigenvalue weighted by atomic mass is 10.1. The maximum Gasteiger partial charge on any atom is 0.161 e. The van der Waals surface area contributed by atoms with Crippen molar-refractivity contribution in [2.24, 2.45) is 7.05 Å². The van der Waals surface area contributed by atoms with Crippen LogP contribution >= 0.6 is 0 Å². The number of aryl methyl sites for hydroxylation is 2. The van der Waals surface area contributed by atoms with Crippen molar-refractivity contribution in [3.63, 3.8) is 0 Å². The Labute approximate surface area is 77.2 Å². The molecule has 72 valence electrons. The van der Waals surface area contributed by atoms with E-state index in [1.165, 1.54) is 6.92 Å². The lowest BCUT2D eigenvalue weighted by Crippen LogP contribution is -2.16. The number of ketones is 1. The van der Waals surface area contributed by atoms with Gasteiger partial charge in [-0.05, 0) is 19.4 Å². The van der Waals surface area contributed by atoms with Gasteiger partial charge in [-0.15, -0.1) is 0 Å². The maximum absolute atomic E-state index is 11.1. The summed E-state index contributed by atoms with van der Waals surface area (Å²) in [5, 5.41) is 12.9. The zero-order valence-electron chi connectivity index (χ0n) is 7.90. The van der Waals surface area contributed by atoms with E-state index in [1.807, 2.05) is 13.1 Å². The quantitative estimate of drug-likeness (QED) is 0.728. The molecule has 0 fully saturated rings. The van der Waals surface area contributed by atoms with Crippen LogP contribution in [0.5, 0.6) is 0 Å². The van der Waals surface area contributed by atoms with Crippen molar-refractivity contribution >= 4 is 5.78 Å². The summed E-state index contributed by atoms with van der Waals surface area (Å²) in [7, 11) is 1.84. The third-order valence-electron chi connectivity index (χ3n) is 2.02. The first-order valence-electron chi connectivity index (χ1n) is 4.29. The van der Waals surface area contributed by atoms with Gasteiger partial charge in [-0.1, -0.05) is 0 Å². The van der Waals surface area contributed by atoms with Crippen LogP contribution in [-0.2, 0) is 18.3 Å². The summed E-state index contributed by atoms with van der Waals surface area (Å²) in [6.45, 7) is 1.49. The van der Waals surface area contributed by atoms with E-state index in [-0.39, 0.29) is 5.78 Å². The molecule has 1 atom stereocenters. The van der Waals surface area contributed by atoms with Crippen LogP contribution in [0.15, 0.2) is 12.3 Å². The monoisotopic (exact) mass is 182 g/mol. The first-order chi connectivity index (χ1) is 6.11. The molecule has 0 spiro atoms. The van der Waals surface area contributed by atoms with E-state index < -0.39 is 6.10 Å². The van der Waals surface area contributed by atoms with Gasteiger partial charge in [0.2, 0.25) is 0 Å². The predicted molar refractivity (Wildman–Crippen MR) is 48.2 cm³/mol. The Morgan fingerprint density at radius 2 is 2.46 bits per heavy atom. The number of rotatable bonds is 4. The number of hydrogen-bond donors (Lipinski definition) is 1. The van der Waals surface area contributed by atoms with Crippen LogP contribution in [0.2, 0.25) is 0 Å². The average Bonchev–Trinajstić information content (AvgIpc) is 2.47. The Bertz CT molecular complexity index is 292. The lowest BCUT2D eigenvalue weighted by Gasteiger charge is -2.03. The highest BCUT2D eigenvalue weighted by Crippen LogP contribution is 2.02. The van der Waals surface area contributed by atoms with E-state index >= 15 is 0 Å². The van der Waals surface area contributed by atoms with Crippen LogP contribution in [0.25, 0.3) is 0 Å². The fourth-order valence-electron chi connectivity index (χ4n) is 1.11. The molecule has 0 saturated carbocycles. The van der Waals surface area contributed by atoms with Crippen LogP contribution in [0.1, 0.15) is 19.0 Å². The first-order valence-corrected chi connectivity index (χ1v) is 4.29. The summed E-state index contributed by atoms with van der Waals surface area (Å²) < 4.78 is 1.73. The lowest BCUT2D eigenvalue weighted by molar-refractivity contribution is -0.126. The van der Waals surface area contributed by atoms with Gasteiger partial charge in [-0.3, -0.25) is 9.48 Å². The molecular weight excluding hydrogens is 168 g/mol. The minimum atomic E-state index is -0.853. The number of aromatic nitrogens is 2. The molecule has 4 nitrogen and oxygen atoms in total. The van der Waals surface area contributed by atoms with Crippen molar-refractivity contribution in [2.75, 3.05) is 0 Å². The van der Waals surface area contributed by atoms with Crippen molar-refractivity contribution in [3.8, 4) is 0 Å². The highest BCUT2D eigenvalue weighted by molar-refractivity contribution is 5.82. The minimum Gasteiger partial charge on any atom is -0.386 e. The SMILES string of the molecule is CC(O)C(=O)CCc1ccnn1C. The first kappa shape index (κ1) is 9.92. The molecule has 0 aliphatic rings. The van der Waals surface area contributed by atoms with Gasteiger partial charge in [0.1, 0.15) is 6.10 Å². The van der Waals surface area contributed by atoms with Crippen molar-refractivity contribution in [1.82, 2.24) is 9.78 Å². The van der Waals surface area contributed by atoms with E-state index in [9.17, 15) is 4.79 Å². The molecule has 1 unspecified atom stereocenters. The van der Waals surface area contributed by atoms with E-state index in [2.05, 4.69) is 5.10 Å². The Kier molecular flexibility index (Phi) is 3.19. The molecule has 0 bridgehead atoms. The van der Waals surface area contributed by atoms with E-state index in [0.29, 0.717) is 12.8 Å². The van der Waals surface area contributed by atoms with Gasteiger partial charge in [0, 0.05) is 25.4 Å². The molecule has 13 heavy (non-hydrogen) atoms. The summed E-state index contributed by atoms with van der Waals surface area (Å²) in [5.41, 5.74) is 1.01. The molecular formula is C9H14N2O2. The smallest absolute Gasteiger partial charge is 0.161 e. The van der Waals surface area contributed by atoms with E-state index in [1.54, 1.807) is 10.9 Å². The van der Waals surface area contributed by atoms with Crippen molar-refractivity contribution in [1.29, 1.82) is 0 Å². The second kappa shape index (κ2) is 4.18. The predicted octanol–water partition coefficient (Wildman–Crippen LogP) is 0.303. The number of carbonyl (C=O) groups is 1. The van der Waals surface area contributed by atoms with Gasteiger partial charge in [0.05, 0.1) is 0 Å². The average molecular weight is 182 g/mol. The fourth-order valence-corrected chi connectivity index (χ4v) is 1.11. The number of hydrogen-bond acceptors (Lipinski definition) is 3. The highest BCUT2D eigenvalue weighted by Gasteiger charge is 2.09. The molecule has 4 heteroatoms. The Morgan fingerprint density at radius 1 is 1.77 bits per heavy atom. The Morgan fingerprint density at radius 3 is 2.92 bits per heavy atom. The third-order valence-corrected chi connectivity index (χ3v) is 2.02. The Hall–Kier alpha value is -1.16. The summed E-state index contributed by atoms with van der Waals surface area (Å²) >= 11 is 0. The normalized spacial score (nSPS) is 12.8. The molecule has 1 aromatic heterocycles. The van der Waals surface area contributed by atoms with E-state index in [0.717, 1.165) is 5.69 Å². The highest BCUT2D eigenvalue weighted by atomic mass is 16.3. The van der Waals surface area contributed by atoms with Gasteiger partial charge in [-0.25, -0.2) is 0 Å². The summed E-state index contributed by atoms with van der Waals surface area (Å²) in [6, 6.07) is 1.87. The summed E-state index contributed by atoms with van der Waals surface area (Å²) in [4.78, 5) is 11.1. The topological polar surface area (TPSA) is 55.1 Å². The number of nitrogens with zero attached hydrogens (tertiary/aromatic N) is 2. The van der Waals surface area contributed by atoms with Gasteiger partial charge in [0.25, 0.3) is 0 Å². The maximum atomic E-state index is 11.1. The number of carbonyl (C=O) groups excluding carboxylic acids is 1. The molecule has 0 amide bonds. The van der Waals surface area contributed by atoms with Gasteiger partial charge < -0.3 is 5.11 Å². The largest absolute Gasteiger partial charge is 0.386 e. The number of aliphatic hydroxyl groups excluding tert-OH is 1. The molecule has 0 saturated heterocycles. The Balaban J connectivity index is 2.44. The van der Waals surface area contributed by atoms with Crippen molar-refractivity contribution in [3.05, 3.63) is 18.0 Å². The van der Waals surface area contributed by atoms with Crippen LogP contribution in [0.4, 0.5) is 0 Å². The van der Waals surface area contributed by atoms with Crippen LogP contribution in [0, 0.1) is 0 Å². The van der Waals surface area contributed by atoms with Crippen molar-refractivity contribution < 1.29 is 9.90 Å². The van der Waals surface area contributed by atoms with Crippen LogP contribution in [-0.4, -0.2) is 26.8 Å². The second-order valence-corrected chi connectivity index (χ2v) is 3.09. The fraction of sp³-hybridized carbons (Fsp3) is 0.556. The van der Waals surface area contributed by atoms with Gasteiger partial charge >= 0.3 is 0 Å². The van der Waals surface area contributed by atoms with Gasteiger partial charge in [-0.2, -0.15) is 5.10 Å². The molecule has 1 N–H and O–H groups in total. The summed E-state index contributed by atoms with van der Waals surface area (Å²) in [5.74, 6) is -0.124. The van der Waals surface area contributed by atoms with E-state index in [4.69, 9.17) is 5.11 Å². The second-order valence-electron chi connectivity index (χ2n) is 3.09. The molecule has 1 aromatic rings. The van der Waals surface area contributed by atoms with Gasteiger partial charge in [0.15, 0.2) is 5.78 Å². The zero-order valence-corrected chi connectivity index (χ0v) is 7.90. The minimum absolute atomic E-state index is 0.124. The molecule has 0 aromatic carbocycles. The molecule has 0 aliphatic carbocycles. The zero-order chi connectivity index (χ0) is 9.84. The third kappa shape index (κ3) is 2.66. The molecule has 1 heterocycles. The van der Waals surface area contributed by atoms with Crippen LogP contribution in [0.3, 0.4) is 0 Å². The standard InChI is InChI=1S/C9H14N2O2/c1-7(12)9(13)4-3-8-5-6-10-11(8)2/h5-7,12H,3-4H2,1-2H3. The molecule has 0 radical (unpaired) electrons. The number of aliphatic hydroxyl groups is 1. The summed E-state index contributed by atoms with van der Waals surface area (Å²) in [6.07, 6.45) is 1.85. The molecule has 1 rings (SSSR count). The number of Topliss-reactive ketones (excluding diaryl/α,β-unsaturated/α-hetero) is 1. The van der Waals surface area contributed by atoms with Crippen LogP contribution < -0.4 is 0 Å². The molecule has 0 aliphatic heterocycles. The van der Waals surface area contributed by atoms with Crippen molar-refractivity contribution in [2.45, 2.75) is 25.9 Å².